The third kappa shape index (κ3) is 7.73. The van der Waals surface area contributed by atoms with Crippen LogP contribution in [-0.4, -0.2) is 20.5 Å². The Bertz CT molecular complexity index is 856. The number of ether oxygens (including phenoxy) is 1. The van der Waals surface area contributed by atoms with Crippen molar-refractivity contribution in [2.24, 2.45) is 0 Å². The molecule has 0 aliphatic carbocycles. The number of benzene rings is 2. The van der Waals surface area contributed by atoms with Gasteiger partial charge in [-0.25, -0.2) is 0 Å². The maximum absolute atomic E-state index is 12.9. The standard InChI is InChI=1S/C21H26F3IO4S/c1-2-3-4-5-6-10-17-28-20-15-13-19(14-16-20)25(18-11-8-7-9-12-18)29-30(26,27)21(22,23)24/h7-9,11-16H,2-6,10,17H2,1H3. The van der Waals surface area contributed by atoms with Gasteiger partial charge in [0.1, 0.15) is 0 Å². The van der Waals surface area contributed by atoms with E-state index < -0.39 is 35.9 Å². The van der Waals surface area contributed by atoms with E-state index in [-0.39, 0.29) is 0 Å². The van der Waals surface area contributed by atoms with E-state index in [4.69, 9.17) is 7.25 Å². The van der Waals surface area contributed by atoms with E-state index in [1.165, 1.54) is 25.7 Å². The van der Waals surface area contributed by atoms with E-state index >= 15 is 0 Å². The molecule has 2 aromatic carbocycles. The molecule has 0 amide bonds. The molecule has 0 unspecified atom stereocenters. The molecule has 0 atom stereocenters. The zero-order valence-corrected chi connectivity index (χ0v) is 19.7. The Hall–Kier alpha value is -1.33. The molecule has 0 heterocycles. The number of rotatable bonds is 12. The van der Waals surface area contributed by atoms with E-state index in [0.29, 0.717) is 19.5 Å². The maximum atomic E-state index is 12.9. The minimum absolute atomic E-state index is 0.435. The number of hydrogen-bond acceptors (Lipinski definition) is 4. The minimum atomic E-state index is -5.69. The first-order valence-electron chi connectivity index (χ1n) is 9.74. The Morgan fingerprint density at radius 1 is 0.833 bits per heavy atom. The molecule has 0 saturated heterocycles. The average Bonchev–Trinajstić information content (AvgIpc) is 2.72. The molecule has 0 bridgehead atoms. The van der Waals surface area contributed by atoms with Gasteiger partial charge < -0.3 is 0 Å². The van der Waals surface area contributed by atoms with Crippen LogP contribution in [0.15, 0.2) is 54.6 Å². The van der Waals surface area contributed by atoms with Crippen LogP contribution in [0.3, 0.4) is 0 Å². The molecule has 0 aliphatic rings. The van der Waals surface area contributed by atoms with Gasteiger partial charge in [0, 0.05) is 0 Å². The van der Waals surface area contributed by atoms with E-state index in [9.17, 15) is 21.6 Å². The summed E-state index contributed by atoms with van der Waals surface area (Å²) in [4.78, 5) is 0. The van der Waals surface area contributed by atoms with Gasteiger partial charge in [-0.2, -0.15) is 0 Å². The second-order valence-electron chi connectivity index (χ2n) is 6.58. The van der Waals surface area contributed by atoms with Crippen molar-refractivity contribution in [1.29, 1.82) is 0 Å². The summed E-state index contributed by atoms with van der Waals surface area (Å²) in [5.41, 5.74) is -5.46. The fraction of sp³-hybridized carbons (Fsp3) is 0.429. The molecule has 168 valence electrons. The van der Waals surface area contributed by atoms with Gasteiger partial charge in [-0.1, -0.05) is 6.92 Å². The quantitative estimate of drug-likeness (QED) is 0.164. The summed E-state index contributed by atoms with van der Waals surface area (Å²) in [6.07, 6.45) is 6.85. The second-order valence-corrected chi connectivity index (χ2v) is 13.1. The number of alkyl halides is 3. The van der Waals surface area contributed by atoms with Gasteiger partial charge in [0.2, 0.25) is 0 Å². The number of hydrogen-bond donors (Lipinski definition) is 0. The normalized spacial score (nSPS) is 12.6. The molecule has 0 fully saturated rings. The number of unbranched alkanes of at least 4 members (excludes halogenated alkanes) is 5. The molecule has 0 saturated carbocycles. The summed E-state index contributed by atoms with van der Waals surface area (Å²) < 4.78 is 73.1. The Kier molecular flexibility index (Phi) is 9.89. The van der Waals surface area contributed by atoms with Crippen LogP contribution in [-0.2, 0) is 12.6 Å². The molecule has 2 aromatic rings. The summed E-state index contributed by atoms with van der Waals surface area (Å²) in [6.45, 7) is 2.73. The monoisotopic (exact) mass is 558 g/mol. The fourth-order valence-electron chi connectivity index (χ4n) is 2.56. The molecular weight excluding hydrogens is 532 g/mol. The zero-order valence-electron chi connectivity index (χ0n) is 16.7. The molecular formula is C21H26F3IO4S. The Morgan fingerprint density at radius 2 is 1.40 bits per heavy atom. The van der Waals surface area contributed by atoms with Crippen molar-refractivity contribution in [3.63, 3.8) is 0 Å². The predicted octanol–water partition coefficient (Wildman–Crippen LogP) is 6.75. The van der Waals surface area contributed by atoms with Crippen molar-refractivity contribution < 1.29 is 28.8 Å². The molecule has 0 N–H and O–H groups in total. The van der Waals surface area contributed by atoms with Crippen LogP contribution in [0.25, 0.3) is 0 Å². The van der Waals surface area contributed by atoms with Crippen molar-refractivity contribution >= 4 is 30.4 Å². The second kappa shape index (κ2) is 11.9. The van der Waals surface area contributed by atoms with Crippen molar-refractivity contribution in [3.05, 3.63) is 61.7 Å². The van der Waals surface area contributed by atoms with E-state index in [1.807, 2.05) is 0 Å². The summed E-state index contributed by atoms with van der Waals surface area (Å²) >= 11 is -3.33. The van der Waals surface area contributed by atoms with Gasteiger partial charge in [-0.3, -0.25) is 0 Å². The van der Waals surface area contributed by atoms with Crippen LogP contribution in [0.2, 0.25) is 0 Å². The third-order valence-corrected chi connectivity index (χ3v) is 11.2. The molecule has 2 rings (SSSR count). The van der Waals surface area contributed by atoms with E-state index in [0.717, 1.165) is 12.8 Å². The number of halogens is 4. The molecule has 9 heteroatoms. The Morgan fingerprint density at radius 3 is 2.00 bits per heavy atom. The molecule has 4 nitrogen and oxygen atoms in total. The van der Waals surface area contributed by atoms with Crippen LogP contribution >= 0.6 is 20.2 Å². The van der Waals surface area contributed by atoms with Crippen LogP contribution in [0, 0.1) is 7.14 Å². The SMILES string of the molecule is CCCCCCCCOc1ccc(I(OS(=O)(=O)C(F)(F)F)c2ccccc2)cc1. The van der Waals surface area contributed by atoms with Crippen molar-refractivity contribution in [2.75, 3.05) is 6.61 Å². The van der Waals surface area contributed by atoms with Gasteiger partial charge >= 0.3 is 177 Å². The Balaban J connectivity index is 2.05. The van der Waals surface area contributed by atoms with Crippen molar-refractivity contribution in [1.82, 2.24) is 0 Å². The van der Waals surface area contributed by atoms with Crippen LogP contribution in [0.4, 0.5) is 13.2 Å². The third-order valence-electron chi connectivity index (χ3n) is 4.14. The van der Waals surface area contributed by atoms with Gasteiger partial charge in [0.25, 0.3) is 0 Å². The fourth-order valence-corrected chi connectivity index (χ4v) is 9.02. The van der Waals surface area contributed by atoms with Gasteiger partial charge in [0.15, 0.2) is 0 Å². The van der Waals surface area contributed by atoms with Crippen molar-refractivity contribution in [2.45, 2.75) is 51.0 Å². The zero-order chi connectivity index (χ0) is 22.0. The van der Waals surface area contributed by atoms with Gasteiger partial charge in [-0.05, 0) is 0 Å². The van der Waals surface area contributed by atoms with Crippen LogP contribution < -0.4 is 4.74 Å². The van der Waals surface area contributed by atoms with E-state index in [1.54, 1.807) is 54.6 Å². The first kappa shape index (κ1) is 24.9. The first-order valence-corrected chi connectivity index (χ1v) is 14.2. The van der Waals surface area contributed by atoms with Crippen LogP contribution in [0.5, 0.6) is 5.75 Å². The molecule has 30 heavy (non-hydrogen) atoms. The van der Waals surface area contributed by atoms with Gasteiger partial charge in [0.05, 0.1) is 0 Å². The topological polar surface area (TPSA) is 52.6 Å². The average molecular weight is 558 g/mol. The van der Waals surface area contributed by atoms with E-state index in [2.05, 4.69) is 6.92 Å². The summed E-state index contributed by atoms with van der Waals surface area (Å²) in [6, 6.07) is 14.6. The summed E-state index contributed by atoms with van der Waals surface area (Å²) in [5, 5.41) is 0. The van der Waals surface area contributed by atoms with Gasteiger partial charge in [-0.15, -0.1) is 0 Å². The molecule has 0 radical (unpaired) electrons. The molecule has 0 spiro atoms. The summed E-state index contributed by atoms with van der Waals surface area (Å²) in [7, 11) is -5.69. The Labute approximate surface area is 183 Å². The predicted molar refractivity (Wildman–Crippen MR) is 119 cm³/mol. The van der Waals surface area contributed by atoms with Crippen LogP contribution in [0.1, 0.15) is 45.4 Å². The molecule has 0 aliphatic heterocycles. The van der Waals surface area contributed by atoms with Crippen molar-refractivity contribution in [3.8, 4) is 5.75 Å². The first-order chi connectivity index (χ1) is 14.2. The molecule has 0 aromatic heterocycles. The summed E-state index contributed by atoms with van der Waals surface area (Å²) in [5.74, 6) is 0.592.